The molecule has 2 amide bonds. The minimum Gasteiger partial charge on any atom is -0.354 e. The highest BCUT2D eigenvalue weighted by Crippen LogP contribution is 2.24. The van der Waals surface area contributed by atoms with E-state index in [9.17, 15) is 28.1 Å². The van der Waals surface area contributed by atoms with Gasteiger partial charge < -0.3 is 10.2 Å². The number of carbonyl (C=O) groups is 2. The molecule has 1 atom stereocenters. The third-order valence-corrected chi connectivity index (χ3v) is 7.16. The number of amides is 2. The summed E-state index contributed by atoms with van der Waals surface area (Å²) in [5, 5.41) is 14.2. The van der Waals surface area contributed by atoms with Crippen molar-refractivity contribution in [2.75, 3.05) is 23.7 Å². The first-order valence-corrected chi connectivity index (χ1v) is 14.3. The van der Waals surface area contributed by atoms with Crippen LogP contribution in [0.3, 0.4) is 0 Å². The zero-order valence-electron chi connectivity index (χ0n) is 21.9. The number of rotatable bonds is 13. The second kappa shape index (κ2) is 13.5. The van der Waals surface area contributed by atoms with E-state index in [1.165, 1.54) is 23.1 Å². The van der Waals surface area contributed by atoms with Crippen LogP contribution in [0.4, 0.5) is 11.4 Å². The molecule has 206 valence electrons. The number of anilines is 1. The predicted molar refractivity (Wildman–Crippen MR) is 150 cm³/mol. The number of nitrogens with one attached hydrogen (secondary N) is 1. The van der Waals surface area contributed by atoms with Crippen molar-refractivity contribution in [3.63, 3.8) is 0 Å². The number of nitro benzene ring substituents is 1. The van der Waals surface area contributed by atoms with Gasteiger partial charge in [-0.1, -0.05) is 73.7 Å². The van der Waals surface area contributed by atoms with Gasteiger partial charge in [0.1, 0.15) is 12.6 Å². The first kappa shape index (κ1) is 29.3. The van der Waals surface area contributed by atoms with Gasteiger partial charge >= 0.3 is 0 Å². The molecule has 0 saturated carbocycles. The van der Waals surface area contributed by atoms with Crippen molar-refractivity contribution in [2.24, 2.45) is 0 Å². The Morgan fingerprint density at radius 3 is 2.13 bits per heavy atom. The molecule has 0 aliphatic carbocycles. The van der Waals surface area contributed by atoms with Crippen LogP contribution in [0.5, 0.6) is 0 Å². The lowest BCUT2D eigenvalue weighted by Gasteiger charge is -2.33. The van der Waals surface area contributed by atoms with Crippen molar-refractivity contribution < 1.29 is 22.9 Å². The van der Waals surface area contributed by atoms with Crippen molar-refractivity contribution in [1.29, 1.82) is 0 Å². The summed E-state index contributed by atoms with van der Waals surface area (Å²) in [5.74, 6) is -0.977. The van der Waals surface area contributed by atoms with Crippen molar-refractivity contribution >= 4 is 33.2 Å². The lowest BCUT2D eigenvalue weighted by atomic mass is 10.0. The molecule has 10 nitrogen and oxygen atoms in total. The summed E-state index contributed by atoms with van der Waals surface area (Å²) < 4.78 is 26.4. The molecule has 0 heterocycles. The predicted octanol–water partition coefficient (Wildman–Crippen LogP) is 3.53. The standard InChI is InChI=1S/C28H32N4O6S/c1-3-17-29-28(34)26(18-22-11-6-4-7-12-22)30(20-23-13-8-5-9-14-23)27(33)21-31(39(2,37)38)24-15-10-16-25(19-24)32(35)36/h4-16,19,26H,3,17-18,20-21H2,1-2H3,(H,29,34). The van der Waals surface area contributed by atoms with Crippen LogP contribution in [-0.2, 0) is 32.6 Å². The highest BCUT2D eigenvalue weighted by Gasteiger charge is 2.33. The maximum absolute atomic E-state index is 13.9. The summed E-state index contributed by atoms with van der Waals surface area (Å²) >= 11 is 0. The van der Waals surface area contributed by atoms with Gasteiger partial charge in [-0.05, 0) is 23.6 Å². The lowest BCUT2D eigenvalue weighted by molar-refractivity contribution is -0.384. The van der Waals surface area contributed by atoms with Crippen molar-refractivity contribution in [3.05, 3.63) is 106 Å². The normalized spacial score (nSPS) is 11.8. The first-order valence-electron chi connectivity index (χ1n) is 12.5. The Labute approximate surface area is 228 Å². The third-order valence-electron chi connectivity index (χ3n) is 6.02. The lowest BCUT2D eigenvalue weighted by Crippen LogP contribution is -2.53. The number of nitro groups is 1. The van der Waals surface area contributed by atoms with Gasteiger partial charge in [-0.25, -0.2) is 8.42 Å². The van der Waals surface area contributed by atoms with Gasteiger partial charge in [-0.2, -0.15) is 0 Å². The largest absolute Gasteiger partial charge is 0.354 e. The molecule has 3 rings (SSSR count). The number of nitrogens with zero attached hydrogens (tertiary/aromatic N) is 3. The molecule has 0 fully saturated rings. The molecular weight excluding hydrogens is 520 g/mol. The Bertz CT molecular complexity index is 1380. The summed E-state index contributed by atoms with van der Waals surface area (Å²) in [6, 6.07) is 22.5. The number of non-ortho nitro benzene ring substituents is 1. The molecule has 0 aromatic heterocycles. The quantitative estimate of drug-likeness (QED) is 0.255. The van der Waals surface area contributed by atoms with E-state index in [2.05, 4.69) is 5.32 Å². The summed E-state index contributed by atoms with van der Waals surface area (Å²) in [6.07, 6.45) is 1.84. The number of hydrogen-bond acceptors (Lipinski definition) is 6. The Morgan fingerprint density at radius 1 is 0.949 bits per heavy atom. The van der Waals surface area contributed by atoms with E-state index in [4.69, 9.17) is 0 Å². The molecule has 1 unspecified atom stereocenters. The summed E-state index contributed by atoms with van der Waals surface area (Å²) in [5.41, 5.74) is 1.26. The van der Waals surface area contributed by atoms with E-state index in [-0.39, 0.29) is 30.2 Å². The topological polar surface area (TPSA) is 130 Å². The highest BCUT2D eigenvalue weighted by atomic mass is 32.2. The van der Waals surface area contributed by atoms with Crippen LogP contribution >= 0.6 is 0 Å². The minimum absolute atomic E-state index is 0.0187. The van der Waals surface area contributed by atoms with Gasteiger partial charge in [0, 0.05) is 31.6 Å². The average Bonchev–Trinajstić information content (AvgIpc) is 2.92. The molecule has 0 radical (unpaired) electrons. The Kier molecular flexibility index (Phi) is 10.2. The van der Waals surface area contributed by atoms with E-state index in [1.807, 2.05) is 67.6 Å². The summed E-state index contributed by atoms with van der Waals surface area (Å²) in [6.45, 7) is 1.76. The first-order chi connectivity index (χ1) is 18.6. The summed E-state index contributed by atoms with van der Waals surface area (Å²) in [4.78, 5) is 39.4. The van der Waals surface area contributed by atoms with Crippen LogP contribution in [0.2, 0.25) is 0 Å². The van der Waals surface area contributed by atoms with E-state index < -0.39 is 33.4 Å². The van der Waals surface area contributed by atoms with E-state index in [0.717, 1.165) is 27.8 Å². The molecule has 1 N–H and O–H groups in total. The highest BCUT2D eigenvalue weighted by molar-refractivity contribution is 7.92. The average molecular weight is 553 g/mol. The molecule has 0 aliphatic heterocycles. The second-order valence-corrected chi connectivity index (χ2v) is 11.0. The van der Waals surface area contributed by atoms with Crippen LogP contribution in [-0.4, -0.2) is 55.4 Å². The molecule has 3 aromatic carbocycles. The van der Waals surface area contributed by atoms with E-state index >= 15 is 0 Å². The van der Waals surface area contributed by atoms with Crippen LogP contribution in [0, 0.1) is 10.1 Å². The minimum atomic E-state index is -4.02. The second-order valence-electron chi connectivity index (χ2n) is 9.05. The monoisotopic (exact) mass is 552 g/mol. The number of hydrogen-bond donors (Lipinski definition) is 1. The third kappa shape index (κ3) is 8.37. The fourth-order valence-corrected chi connectivity index (χ4v) is 4.92. The van der Waals surface area contributed by atoms with Crippen LogP contribution in [0.1, 0.15) is 24.5 Å². The van der Waals surface area contributed by atoms with E-state index in [1.54, 1.807) is 0 Å². The van der Waals surface area contributed by atoms with Gasteiger partial charge in [0.2, 0.25) is 21.8 Å². The van der Waals surface area contributed by atoms with Gasteiger partial charge in [0.25, 0.3) is 5.69 Å². The maximum Gasteiger partial charge on any atom is 0.271 e. The molecular formula is C28H32N4O6S. The van der Waals surface area contributed by atoms with Crippen molar-refractivity contribution in [1.82, 2.24) is 10.2 Å². The fraction of sp³-hybridized carbons (Fsp3) is 0.286. The molecule has 0 aliphatic rings. The van der Waals surface area contributed by atoms with Gasteiger partial charge in [0.15, 0.2) is 0 Å². The smallest absolute Gasteiger partial charge is 0.271 e. The van der Waals surface area contributed by atoms with Crippen LogP contribution in [0.15, 0.2) is 84.9 Å². The van der Waals surface area contributed by atoms with Crippen LogP contribution < -0.4 is 9.62 Å². The zero-order chi connectivity index (χ0) is 28.4. The fourth-order valence-electron chi connectivity index (χ4n) is 4.08. The van der Waals surface area contributed by atoms with Crippen molar-refractivity contribution in [2.45, 2.75) is 32.4 Å². The van der Waals surface area contributed by atoms with E-state index in [0.29, 0.717) is 13.0 Å². The summed E-state index contributed by atoms with van der Waals surface area (Å²) in [7, 11) is -4.02. The van der Waals surface area contributed by atoms with Crippen molar-refractivity contribution in [3.8, 4) is 0 Å². The zero-order valence-corrected chi connectivity index (χ0v) is 22.7. The molecule has 11 heteroatoms. The van der Waals surface area contributed by atoms with Crippen LogP contribution in [0.25, 0.3) is 0 Å². The number of sulfonamides is 1. The van der Waals surface area contributed by atoms with Gasteiger partial charge in [-0.15, -0.1) is 0 Å². The molecule has 3 aromatic rings. The molecule has 39 heavy (non-hydrogen) atoms. The Morgan fingerprint density at radius 2 is 1.56 bits per heavy atom. The Hall–Kier alpha value is -4.25. The van der Waals surface area contributed by atoms with Gasteiger partial charge in [-0.3, -0.25) is 24.0 Å². The molecule has 0 spiro atoms. The van der Waals surface area contributed by atoms with Gasteiger partial charge in [0.05, 0.1) is 16.9 Å². The number of carbonyl (C=O) groups excluding carboxylic acids is 2. The molecule has 0 bridgehead atoms. The number of benzene rings is 3. The Balaban J connectivity index is 2.04. The maximum atomic E-state index is 13.9. The SMILES string of the molecule is CCCNC(=O)C(Cc1ccccc1)N(Cc1ccccc1)C(=O)CN(c1cccc([N+](=O)[O-])c1)S(C)(=O)=O. The molecule has 0 saturated heterocycles.